The van der Waals surface area contributed by atoms with Crippen molar-refractivity contribution in [2.45, 2.75) is 20.5 Å². The van der Waals surface area contributed by atoms with Crippen LogP contribution in [0.15, 0.2) is 60.9 Å². The molecule has 0 saturated carbocycles. The molecule has 6 heteroatoms. The molecular weight excluding hydrogens is 364 g/mol. The highest BCUT2D eigenvalue weighted by Crippen LogP contribution is 2.21. The lowest BCUT2D eigenvalue weighted by Gasteiger charge is -2.10. The number of ether oxygens (including phenoxy) is 1. The Morgan fingerprint density at radius 1 is 1.10 bits per heavy atom. The van der Waals surface area contributed by atoms with Gasteiger partial charge in [0.15, 0.2) is 0 Å². The van der Waals surface area contributed by atoms with E-state index in [0.29, 0.717) is 29.3 Å². The van der Waals surface area contributed by atoms with Crippen LogP contribution >= 0.6 is 0 Å². The average molecular weight is 386 g/mol. The van der Waals surface area contributed by atoms with Crippen LogP contribution in [0.3, 0.4) is 0 Å². The first-order chi connectivity index (χ1) is 14.0. The lowest BCUT2D eigenvalue weighted by molar-refractivity contribution is 0.102. The molecule has 0 radical (unpaired) electrons. The van der Waals surface area contributed by atoms with E-state index in [2.05, 4.69) is 15.3 Å². The van der Waals surface area contributed by atoms with Gasteiger partial charge in [-0.05, 0) is 56.3 Å². The number of carbonyl (C=O) groups is 1. The normalized spacial score (nSPS) is 10.9. The monoisotopic (exact) mass is 386 g/mol. The van der Waals surface area contributed by atoms with Gasteiger partial charge in [-0.2, -0.15) is 0 Å². The molecule has 0 atom stereocenters. The zero-order valence-electron chi connectivity index (χ0n) is 16.6. The van der Waals surface area contributed by atoms with E-state index in [-0.39, 0.29) is 5.91 Å². The van der Waals surface area contributed by atoms with Gasteiger partial charge in [-0.1, -0.05) is 11.6 Å². The number of anilines is 1. The Bertz CT molecular complexity index is 1180. The minimum absolute atomic E-state index is 0.180. The first-order valence-corrected chi connectivity index (χ1v) is 9.38. The molecule has 0 aliphatic carbocycles. The van der Waals surface area contributed by atoms with Gasteiger partial charge in [0.05, 0.1) is 16.8 Å². The van der Waals surface area contributed by atoms with Gasteiger partial charge in [0, 0.05) is 30.5 Å². The maximum atomic E-state index is 12.8. The smallest absolute Gasteiger partial charge is 0.257 e. The number of pyridine rings is 1. The summed E-state index contributed by atoms with van der Waals surface area (Å²) in [5.41, 5.74) is 3.99. The second-order valence-corrected chi connectivity index (χ2v) is 7.04. The Labute approximate surface area is 169 Å². The van der Waals surface area contributed by atoms with Crippen LogP contribution in [0, 0.1) is 13.8 Å². The van der Waals surface area contributed by atoms with E-state index in [1.807, 2.05) is 80.2 Å². The van der Waals surface area contributed by atoms with Gasteiger partial charge in [0.1, 0.15) is 18.2 Å². The SMILES string of the molecule is Cc1ccc2nc(C)c(C(=O)Nc3ccc(OCc4nccn4C)cc3)cc2c1. The molecule has 1 amide bonds. The molecule has 0 saturated heterocycles. The number of nitrogens with zero attached hydrogens (tertiary/aromatic N) is 3. The molecule has 29 heavy (non-hydrogen) atoms. The third-order valence-electron chi connectivity index (χ3n) is 4.81. The summed E-state index contributed by atoms with van der Waals surface area (Å²) in [6.07, 6.45) is 3.62. The lowest BCUT2D eigenvalue weighted by Crippen LogP contribution is -2.14. The Balaban J connectivity index is 1.46. The average Bonchev–Trinajstić information content (AvgIpc) is 3.12. The highest BCUT2D eigenvalue weighted by atomic mass is 16.5. The molecule has 0 bridgehead atoms. The van der Waals surface area contributed by atoms with Gasteiger partial charge >= 0.3 is 0 Å². The minimum atomic E-state index is -0.180. The number of benzene rings is 2. The van der Waals surface area contributed by atoms with Crippen molar-refractivity contribution < 1.29 is 9.53 Å². The quantitative estimate of drug-likeness (QED) is 0.551. The predicted octanol–water partition coefficient (Wildman–Crippen LogP) is 4.42. The third kappa shape index (κ3) is 4.11. The van der Waals surface area contributed by atoms with E-state index >= 15 is 0 Å². The number of hydrogen-bond acceptors (Lipinski definition) is 4. The summed E-state index contributed by atoms with van der Waals surface area (Å²) in [5.74, 6) is 1.38. The van der Waals surface area contributed by atoms with E-state index < -0.39 is 0 Å². The second kappa shape index (κ2) is 7.75. The molecule has 4 aromatic rings. The maximum absolute atomic E-state index is 12.8. The molecule has 2 heterocycles. The van der Waals surface area contributed by atoms with Crippen molar-refractivity contribution in [2.24, 2.45) is 7.05 Å². The molecule has 0 spiro atoms. The van der Waals surface area contributed by atoms with Crippen LogP contribution < -0.4 is 10.1 Å². The van der Waals surface area contributed by atoms with Crippen LogP contribution in [-0.2, 0) is 13.7 Å². The number of imidazole rings is 1. The fourth-order valence-electron chi connectivity index (χ4n) is 3.14. The van der Waals surface area contributed by atoms with Gasteiger partial charge in [-0.3, -0.25) is 9.78 Å². The maximum Gasteiger partial charge on any atom is 0.257 e. The highest BCUT2D eigenvalue weighted by molar-refractivity contribution is 6.06. The van der Waals surface area contributed by atoms with Crippen LogP contribution in [-0.4, -0.2) is 20.4 Å². The molecule has 1 N–H and O–H groups in total. The first-order valence-electron chi connectivity index (χ1n) is 9.38. The number of fused-ring (bicyclic) bond motifs is 1. The molecule has 0 fully saturated rings. The van der Waals surface area contributed by atoms with Crippen LogP contribution in [0.4, 0.5) is 5.69 Å². The number of aromatic nitrogens is 3. The molecule has 146 valence electrons. The number of aryl methyl sites for hydroxylation is 3. The number of rotatable bonds is 5. The second-order valence-electron chi connectivity index (χ2n) is 7.04. The molecule has 4 rings (SSSR count). The summed E-state index contributed by atoms with van der Waals surface area (Å²) in [4.78, 5) is 21.6. The topological polar surface area (TPSA) is 69.0 Å². The highest BCUT2D eigenvalue weighted by Gasteiger charge is 2.12. The lowest BCUT2D eigenvalue weighted by atomic mass is 10.1. The summed E-state index contributed by atoms with van der Waals surface area (Å²) >= 11 is 0. The minimum Gasteiger partial charge on any atom is -0.486 e. The van der Waals surface area contributed by atoms with Crippen LogP contribution in [0.5, 0.6) is 5.75 Å². The van der Waals surface area contributed by atoms with Crippen LogP contribution in [0.1, 0.15) is 27.4 Å². The molecule has 0 unspecified atom stereocenters. The van der Waals surface area contributed by atoms with Gasteiger partial charge in [-0.15, -0.1) is 0 Å². The molecule has 6 nitrogen and oxygen atoms in total. The fourth-order valence-corrected chi connectivity index (χ4v) is 3.14. The van der Waals surface area contributed by atoms with Gasteiger partial charge in [0.25, 0.3) is 5.91 Å². The van der Waals surface area contributed by atoms with Gasteiger partial charge < -0.3 is 14.6 Å². The largest absolute Gasteiger partial charge is 0.486 e. The van der Waals surface area contributed by atoms with Crippen molar-refractivity contribution in [3.05, 3.63) is 83.6 Å². The van der Waals surface area contributed by atoms with Crippen LogP contribution in [0.25, 0.3) is 10.9 Å². The molecular formula is C23H22N4O2. The molecule has 0 aliphatic rings. The molecule has 2 aromatic carbocycles. The van der Waals surface area contributed by atoms with Crippen molar-refractivity contribution >= 4 is 22.5 Å². The number of amides is 1. The number of carbonyl (C=O) groups excluding carboxylic acids is 1. The Morgan fingerprint density at radius 3 is 2.62 bits per heavy atom. The Kier molecular flexibility index (Phi) is 4.99. The zero-order chi connectivity index (χ0) is 20.4. The number of nitrogens with one attached hydrogen (secondary N) is 1. The zero-order valence-corrected chi connectivity index (χ0v) is 16.6. The van der Waals surface area contributed by atoms with Gasteiger partial charge in [0.2, 0.25) is 0 Å². The Hall–Kier alpha value is -3.67. The molecule has 0 aliphatic heterocycles. The van der Waals surface area contributed by atoms with Crippen LogP contribution in [0.2, 0.25) is 0 Å². The predicted molar refractivity (Wildman–Crippen MR) is 113 cm³/mol. The van der Waals surface area contributed by atoms with Crippen molar-refractivity contribution in [2.75, 3.05) is 5.32 Å². The van der Waals surface area contributed by atoms with Crippen molar-refractivity contribution in [3.8, 4) is 5.75 Å². The molecule has 2 aromatic heterocycles. The van der Waals surface area contributed by atoms with Crippen molar-refractivity contribution in [1.82, 2.24) is 14.5 Å². The van der Waals surface area contributed by atoms with E-state index in [1.54, 1.807) is 6.20 Å². The van der Waals surface area contributed by atoms with E-state index in [0.717, 1.165) is 22.3 Å². The van der Waals surface area contributed by atoms with Crippen molar-refractivity contribution in [3.63, 3.8) is 0 Å². The summed E-state index contributed by atoms with van der Waals surface area (Å²) in [6, 6.07) is 15.2. The summed E-state index contributed by atoms with van der Waals surface area (Å²) in [5, 5.41) is 3.89. The first kappa shape index (κ1) is 18.7. The Morgan fingerprint density at radius 2 is 1.90 bits per heavy atom. The summed E-state index contributed by atoms with van der Waals surface area (Å²) in [7, 11) is 1.93. The third-order valence-corrected chi connectivity index (χ3v) is 4.81. The summed E-state index contributed by atoms with van der Waals surface area (Å²) < 4.78 is 7.66. The van der Waals surface area contributed by atoms with Crippen molar-refractivity contribution in [1.29, 1.82) is 0 Å². The summed E-state index contributed by atoms with van der Waals surface area (Å²) in [6.45, 7) is 4.26. The van der Waals surface area contributed by atoms with Gasteiger partial charge in [-0.25, -0.2) is 4.98 Å². The van der Waals surface area contributed by atoms with E-state index in [4.69, 9.17) is 4.74 Å². The van der Waals surface area contributed by atoms with E-state index in [1.165, 1.54) is 0 Å². The fraction of sp³-hybridized carbons (Fsp3) is 0.174. The van der Waals surface area contributed by atoms with E-state index in [9.17, 15) is 4.79 Å². The standard InChI is InChI=1S/C23H22N4O2/c1-15-4-9-21-17(12-15)13-20(16(2)25-21)23(28)26-18-5-7-19(8-6-18)29-14-22-24-10-11-27(22)3/h4-13H,14H2,1-3H3,(H,26,28). The number of hydrogen-bond donors (Lipinski definition) is 1.